The minimum atomic E-state index is -1.21. The van der Waals surface area contributed by atoms with Crippen molar-refractivity contribution in [3.8, 4) is 22.4 Å². The number of thiophene rings is 1. The van der Waals surface area contributed by atoms with E-state index in [9.17, 15) is 14.7 Å². The first-order chi connectivity index (χ1) is 28.5. The largest absolute Gasteiger partial charge is 0.458 e. The number of Topliss-reactive ketones (excluding diaryl/α,β-unsaturated/α-hetero) is 1. The van der Waals surface area contributed by atoms with Crippen molar-refractivity contribution in [3.63, 3.8) is 0 Å². The molecule has 13 atom stereocenters. The summed E-state index contributed by atoms with van der Waals surface area (Å²) >= 11 is 1.53. The topological polar surface area (TPSA) is 186 Å². The van der Waals surface area contributed by atoms with Crippen molar-refractivity contribution in [3.05, 3.63) is 41.4 Å². The van der Waals surface area contributed by atoms with Crippen molar-refractivity contribution >= 4 is 34.8 Å². The Bertz CT molecular complexity index is 1930. The molecule has 328 valence electrons. The number of hydrogen-bond donors (Lipinski definition) is 2. The molecule has 6 heterocycles. The number of fused-ring (bicyclic) bond motifs is 4. The summed E-state index contributed by atoms with van der Waals surface area (Å²) in [5, 5.41) is 16.0. The number of pyridine rings is 1. The molecule has 0 saturated carbocycles. The number of amidine groups is 1. The van der Waals surface area contributed by atoms with Crippen LogP contribution >= 0.6 is 11.3 Å². The molecule has 3 unspecified atom stereocenters. The minimum Gasteiger partial charge on any atom is -0.458 e. The molecule has 3 saturated heterocycles. The first-order valence-electron chi connectivity index (χ1n) is 20.9. The van der Waals surface area contributed by atoms with E-state index in [1.165, 1.54) is 11.3 Å². The third-order valence-corrected chi connectivity index (χ3v) is 13.3. The highest BCUT2D eigenvalue weighted by Gasteiger charge is 2.55. The van der Waals surface area contributed by atoms with Crippen LogP contribution in [0, 0.1) is 29.6 Å². The molecule has 4 aliphatic heterocycles. The second-order valence-electron chi connectivity index (χ2n) is 17.1. The number of esters is 1. The van der Waals surface area contributed by atoms with Crippen LogP contribution in [0.1, 0.15) is 79.0 Å². The molecule has 60 heavy (non-hydrogen) atoms. The smallest absolute Gasteiger partial charge is 0.311 e. The number of nitrogens with zero attached hydrogens (tertiary/aromatic N) is 4. The molecule has 0 amide bonds. The van der Waals surface area contributed by atoms with Gasteiger partial charge in [-0.15, -0.1) is 11.3 Å². The first kappa shape index (κ1) is 45.6. The summed E-state index contributed by atoms with van der Waals surface area (Å²) in [6, 6.07) is 8.68. The van der Waals surface area contributed by atoms with Gasteiger partial charge in [0, 0.05) is 30.5 Å². The van der Waals surface area contributed by atoms with Crippen LogP contribution in [-0.4, -0.2) is 132 Å². The molecule has 2 bridgehead atoms. The van der Waals surface area contributed by atoms with Gasteiger partial charge in [-0.2, -0.15) is 0 Å². The monoisotopic (exact) mass is 851 g/mol. The van der Waals surface area contributed by atoms with E-state index in [0.717, 1.165) is 15.4 Å². The van der Waals surface area contributed by atoms with Gasteiger partial charge < -0.3 is 49.0 Å². The van der Waals surface area contributed by atoms with Crippen molar-refractivity contribution < 1.29 is 48.0 Å². The van der Waals surface area contributed by atoms with Gasteiger partial charge in [0.15, 0.2) is 18.5 Å². The van der Waals surface area contributed by atoms with Gasteiger partial charge in [-0.25, -0.2) is 4.99 Å². The fraction of sp³-hybridized carbons (Fsp3) is 0.659. The fourth-order valence-electron chi connectivity index (χ4n) is 8.81. The molecule has 0 aliphatic carbocycles. The average molecular weight is 852 g/mol. The molecule has 3 N–H and O–H groups in total. The Morgan fingerprint density at radius 1 is 1.08 bits per heavy atom. The van der Waals surface area contributed by atoms with Gasteiger partial charge in [0.2, 0.25) is 0 Å². The summed E-state index contributed by atoms with van der Waals surface area (Å²) in [6.45, 7) is 12.8. The number of ketones is 1. The highest BCUT2D eigenvalue weighted by atomic mass is 32.1. The van der Waals surface area contributed by atoms with E-state index in [4.69, 9.17) is 39.0 Å². The Hall–Kier alpha value is -3.95. The SMILES string of the molecule is CC[C@H]1OC(=O)[C@H](C)[C@H]2C[C@@H](OC3O[C@H](C)C[C@H](N(C)C)[C@H]3O)[C@](C)(C[C@@H](C)C(=O)[C@H](C)C3N=C(N)OC31C)OC/C(=N/OCC#Cc1ccc(-c3ccccn3)s1)CO2. The number of aliphatic hydroxyl groups excluding tert-OH is 1. The lowest BCUT2D eigenvalue weighted by atomic mass is 9.75. The highest BCUT2D eigenvalue weighted by Crippen LogP contribution is 2.41. The Labute approximate surface area is 357 Å². The number of oxime groups is 1. The van der Waals surface area contributed by atoms with E-state index < -0.39 is 71.7 Å². The summed E-state index contributed by atoms with van der Waals surface area (Å²) in [5.74, 6) is 3.45. The summed E-state index contributed by atoms with van der Waals surface area (Å²) in [7, 11) is 3.81. The second-order valence-corrected chi connectivity index (χ2v) is 18.2. The van der Waals surface area contributed by atoms with Gasteiger partial charge in [-0.1, -0.05) is 43.8 Å². The number of aliphatic hydroxyl groups is 1. The average Bonchev–Trinajstić information content (AvgIpc) is 3.83. The molecule has 0 radical (unpaired) electrons. The van der Waals surface area contributed by atoms with Gasteiger partial charge in [0.05, 0.1) is 58.5 Å². The van der Waals surface area contributed by atoms with Crippen LogP contribution in [0.2, 0.25) is 0 Å². The number of ether oxygens (including phenoxy) is 6. The number of cyclic esters (lactones) is 1. The number of aliphatic imine (C=N–C) groups is 1. The van der Waals surface area contributed by atoms with E-state index >= 15 is 0 Å². The molecule has 0 spiro atoms. The molecule has 3 fully saturated rings. The zero-order valence-corrected chi connectivity index (χ0v) is 37.0. The van der Waals surface area contributed by atoms with Crippen LogP contribution in [0.4, 0.5) is 0 Å². The van der Waals surface area contributed by atoms with Crippen molar-refractivity contribution in [2.75, 3.05) is 33.9 Å². The van der Waals surface area contributed by atoms with Crippen LogP contribution in [0.3, 0.4) is 0 Å². The van der Waals surface area contributed by atoms with Gasteiger partial charge >= 0.3 is 5.97 Å². The maximum atomic E-state index is 14.5. The van der Waals surface area contributed by atoms with Crippen molar-refractivity contribution in [1.82, 2.24) is 9.88 Å². The lowest BCUT2D eigenvalue weighted by Gasteiger charge is -2.46. The van der Waals surface area contributed by atoms with Crippen LogP contribution in [0.5, 0.6) is 0 Å². The third kappa shape index (κ3) is 10.2. The number of carbonyl (C=O) groups excluding carboxylic acids is 2. The molecular formula is C44H61N5O10S. The second kappa shape index (κ2) is 19.4. The van der Waals surface area contributed by atoms with E-state index in [-0.39, 0.29) is 56.6 Å². The highest BCUT2D eigenvalue weighted by molar-refractivity contribution is 7.16. The molecule has 2 aromatic heterocycles. The number of rotatable bonds is 7. The summed E-state index contributed by atoms with van der Waals surface area (Å²) in [5.41, 5.74) is 5.03. The molecule has 6 rings (SSSR count). The van der Waals surface area contributed by atoms with E-state index in [2.05, 4.69) is 27.0 Å². The number of nitrogens with two attached hydrogens (primary N) is 1. The van der Waals surface area contributed by atoms with E-state index in [1.54, 1.807) is 27.0 Å². The molecule has 4 aliphatic rings. The van der Waals surface area contributed by atoms with Crippen LogP contribution in [0.15, 0.2) is 46.7 Å². The zero-order valence-electron chi connectivity index (χ0n) is 36.2. The van der Waals surface area contributed by atoms with E-state index in [0.29, 0.717) is 18.6 Å². The molecule has 15 nitrogen and oxygen atoms in total. The van der Waals surface area contributed by atoms with Crippen LogP contribution in [0.25, 0.3) is 10.6 Å². The van der Waals surface area contributed by atoms with Crippen molar-refractivity contribution in [1.29, 1.82) is 0 Å². The van der Waals surface area contributed by atoms with Crippen LogP contribution < -0.4 is 5.73 Å². The summed E-state index contributed by atoms with van der Waals surface area (Å²) < 4.78 is 38.8. The van der Waals surface area contributed by atoms with Gasteiger partial charge in [-0.3, -0.25) is 14.6 Å². The first-order valence-corrected chi connectivity index (χ1v) is 21.7. The lowest BCUT2D eigenvalue weighted by Crippen LogP contribution is -2.58. The maximum Gasteiger partial charge on any atom is 0.311 e. The lowest BCUT2D eigenvalue weighted by molar-refractivity contribution is -0.294. The Balaban J connectivity index is 1.32. The van der Waals surface area contributed by atoms with Crippen LogP contribution in [-0.2, 0) is 42.8 Å². The maximum absolute atomic E-state index is 14.5. The molecule has 16 heteroatoms. The van der Waals surface area contributed by atoms with Gasteiger partial charge in [0.1, 0.15) is 29.7 Å². The number of hydrogen-bond acceptors (Lipinski definition) is 16. The summed E-state index contributed by atoms with van der Waals surface area (Å²) in [6.07, 6.45) is -1.64. The fourth-order valence-corrected chi connectivity index (χ4v) is 9.67. The normalized spacial score (nSPS) is 37.4. The third-order valence-electron chi connectivity index (χ3n) is 12.3. The van der Waals surface area contributed by atoms with Crippen molar-refractivity contribution in [2.24, 2.45) is 33.6 Å². The number of aromatic nitrogens is 1. The summed E-state index contributed by atoms with van der Waals surface area (Å²) in [4.78, 5) is 47.2. The van der Waals surface area contributed by atoms with E-state index in [1.807, 2.05) is 77.0 Å². The number of carbonyl (C=O) groups is 2. The Kier molecular flexibility index (Phi) is 14.7. The minimum absolute atomic E-state index is 0.00551. The van der Waals surface area contributed by atoms with Gasteiger partial charge in [0.25, 0.3) is 6.02 Å². The molecular weight excluding hydrogens is 791 g/mol. The molecule has 0 aromatic carbocycles. The van der Waals surface area contributed by atoms with Crippen molar-refractivity contribution in [2.45, 2.75) is 134 Å². The Morgan fingerprint density at radius 2 is 1.87 bits per heavy atom. The zero-order chi connectivity index (χ0) is 43.4. The quantitative estimate of drug-likeness (QED) is 0.171. The predicted molar refractivity (Wildman–Crippen MR) is 226 cm³/mol. The van der Waals surface area contributed by atoms with Gasteiger partial charge in [-0.05, 0) is 85.3 Å². The number of likely N-dealkylation sites (N-methyl/N-ethyl adjacent to an activating group) is 1. The standard InChI is InChI=1S/C44H61N5O10S/c1-10-35-44(7)39(47-42(45)59-44)28(5)37(50)25(2)22-43(6)36(58-41-38(51)32(49(8)9)20-26(3)56-41)21-33(27(4)40(52)57-35)53-23-29(24-54-43)48-55-19-13-14-30-16-17-34(60-30)31-15-11-12-18-46-31/h11-12,15-18,25-28,32-33,35-36,38-39,41,51H,10,19-24H2,1-9H3,(H2,45,47)/b48-29+/t25-,26-,27-,28+,32+,33-,35-,36-,38-,39?,41?,43+,44?/m1/s1. The predicted octanol–water partition coefficient (Wildman–Crippen LogP) is 4.58. The molecule has 2 aromatic rings. The Morgan fingerprint density at radius 3 is 2.58 bits per heavy atom.